The zero-order valence-corrected chi connectivity index (χ0v) is 11.7. The number of pyridine rings is 1. The number of ether oxygens (including phenoxy) is 2. The molecule has 21 heavy (non-hydrogen) atoms. The first-order valence-electron chi connectivity index (χ1n) is 6.71. The van der Waals surface area contributed by atoms with Gasteiger partial charge in [0, 0.05) is 18.1 Å². The second kappa shape index (κ2) is 5.81. The number of para-hydroxylation sites is 2. The molecule has 0 aliphatic heterocycles. The van der Waals surface area contributed by atoms with Crippen molar-refractivity contribution in [2.75, 3.05) is 7.11 Å². The molecule has 1 heterocycles. The molecule has 0 saturated carbocycles. The van der Waals surface area contributed by atoms with Gasteiger partial charge < -0.3 is 15.2 Å². The van der Waals surface area contributed by atoms with Crippen LogP contribution in [0.2, 0.25) is 0 Å². The van der Waals surface area contributed by atoms with Gasteiger partial charge >= 0.3 is 0 Å². The number of fused-ring (bicyclic) bond motifs is 1. The minimum atomic E-state index is 0.447. The van der Waals surface area contributed by atoms with Gasteiger partial charge in [-0.25, -0.2) is 4.98 Å². The molecule has 0 atom stereocenters. The minimum absolute atomic E-state index is 0.447. The Hall–Kier alpha value is -2.59. The van der Waals surface area contributed by atoms with Crippen LogP contribution < -0.4 is 15.2 Å². The van der Waals surface area contributed by atoms with Crippen molar-refractivity contribution in [2.24, 2.45) is 5.73 Å². The first-order valence-corrected chi connectivity index (χ1v) is 6.71. The molecule has 0 spiro atoms. The Kier molecular flexibility index (Phi) is 3.71. The van der Waals surface area contributed by atoms with E-state index in [0.29, 0.717) is 23.9 Å². The summed E-state index contributed by atoms with van der Waals surface area (Å²) in [6.07, 6.45) is 1.76. The molecular weight excluding hydrogens is 264 g/mol. The number of methoxy groups -OCH3 is 1. The van der Waals surface area contributed by atoms with Gasteiger partial charge in [0.05, 0.1) is 7.11 Å². The van der Waals surface area contributed by atoms with Crippen LogP contribution in [-0.2, 0) is 6.54 Å². The molecule has 3 rings (SSSR count). The number of hydrogen-bond acceptors (Lipinski definition) is 4. The third-order valence-electron chi connectivity index (χ3n) is 3.34. The van der Waals surface area contributed by atoms with Crippen LogP contribution in [0.25, 0.3) is 10.8 Å². The molecule has 3 aromatic rings. The summed E-state index contributed by atoms with van der Waals surface area (Å²) in [5.74, 6) is 1.86. The zero-order chi connectivity index (χ0) is 14.7. The van der Waals surface area contributed by atoms with E-state index < -0.39 is 0 Å². The van der Waals surface area contributed by atoms with Gasteiger partial charge in [-0.3, -0.25) is 0 Å². The van der Waals surface area contributed by atoms with Crippen molar-refractivity contribution >= 4 is 10.8 Å². The summed E-state index contributed by atoms with van der Waals surface area (Å²) in [6.45, 7) is 0.447. The van der Waals surface area contributed by atoms with Crippen LogP contribution in [0.15, 0.2) is 54.7 Å². The molecule has 4 nitrogen and oxygen atoms in total. The van der Waals surface area contributed by atoms with Gasteiger partial charge in [0.25, 0.3) is 0 Å². The lowest BCUT2D eigenvalue weighted by Crippen LogP contribution is -2.00. The van der Waals surface area contributed by atoms with Crippen LogP contribution in [-0.4, -0.2) is 12.1 Å². The normalized spacial score (nSPS) is 10.6. The zero-order valence-electron chi connectivity index (χ0n) is 11.7. The van der Waals surface area contributed by atoms with Gasteiger partial charge in [-0.05, 0) is 29.1 Å². The predicted octanol–water partition coefficient (Wildman–Crippen LogP) is 3.49. The summed E-state index contributed by atoms with van der Waals surface area (Å²) in [6, 6.07) is 15.4. The molecule has 1 aromatic heterocycles. The van der Waals surface area contributed by atoms with Gasteiger partial charge in [-0.15, -0.1) is 0 Å². The smallest absolute Gasteiger partial charge is 0.227 e. The number of benzene rings is 2. The highest BCUT2D eigenvalue weighted by Gasteiger charge is 2.10. The molecule has 0 saturated heterocycles. The lowest BCUT2D eigenvalue weighted by molar-refractivity contribution is 0.376. The molecule has 0 aliphatic rings. The van der Waals surface area contributed by atoms with E-state index in [1.165, 1.54) is 0 Å². The van der Waals surface area contributed by atoms with Gasteiger partial charge in [-0.1, -0.05) is 30.3 Å². The number of hydrogen-bond donors (Lipinski definition) is 1. The fourth-order valence-electron chi connectivity index (χ4n) is 2.28. The number of aromatic nitrogens is 1. The third-order valence-corrected chi connectivity index (χ3v) is 3.34. The molecule has 0 amide bonds. The van der Waals surface area contributed by atoms with E-state index in [9.17, 15) is 0 Å². The van der Waals surface area contributed by atoms with E-state index in [2.05, 4.69) is 4.98 Å². The quantitative estimate of drug-likeness (QED) is 0.794. The summed E-state index contributed by atoms with van der Waals surface area (Å²) < 4.78 is 11.2. The Morgan fingerprint density at radius 3 is 2.33 bits per heavy atom. The summed E-state index contributed by atoms with van der Waals surface area (Å²) in [7, 11) is 1.62. The average molecular weight is 280 g/mol. The number of nitrogens with zero attached hydrogens (tertiary/aromatic N) is 1. The van der Waals surface area contributed by atoms with Crippen LogP contribution in [0.1, 0.15) is 5.56 Å². The second-order valence-corrected chi connectivity index (χ2v) is 4.59. The molecule has 0 radical (unpaired) electrons. The summed E-state index contributed by atoms with van der Waals surface area (Å²) >= 11 is 0. The highest BCUT2D eigenvalue weighted by Crippen LogP contribution is 2.34. The Morgan fingerprint density at radius 2 is 1.62 bits per heavy atom. The molecule has 0 bridgehead atoms. The molecule has 0 aliphatic carbocycles. The first kappa shape index (κ1) is 13.4. The van der Waals surface area contributed by atoms with Crippen molar-refractivity contribution < 1.29 is 9.47 Å². The maximum Gasteiger partial charge on any atom is 0.227 e. The fourth-order valence-corrected chi connectivity index (χ4v) is 2.28. The van der Waals surface area contributed by atoms with Gasteiger partial charge in [-0.2, -0.15) is 0 Å². The Bertz CT molecular complexity index is 772. The lowest BCUT2D eigenvalue weighted by Gasteiger charge is -2.12. The van der Waals surface area contributed by atoms with Gasteiger partial charge in [0.1, 0.15) is 0 Å². The third kappa shape index (κ3) is 2.53. The second-order valence-electron chi connectivity index (χ2n) is 4.59. The van der Waals surface area contributed by atoms with E-state index >= 15 is 0 Å². The Labute approximate surface area is 123 Å². The van der Waals surface area contributed by atoms with Crippen molar-refractivity contribution in [1.29, 1.82) is 0 Å². The molecule has 0 unspecified atom stereocenters. The van der Waals surface area contributed by atoms with Crippen LogP contribution in [0.4, 0.5) is 0 Å². The van der Waals surface area contributed by atoms with E-state index in [-0.39, 0.29) is 0 Å². The number of nitrogens with two attached hydrogens (primary N) is 1. The van der Waals surface area contributed by atoms with Gasteiger partial charge in [0.2, 0.25) is 5.88 Å². The van der Waals surface area contributed by atoms with Crippen LogP contribution >= 0.6 is 0 Å². The van der Waals surface area contributed by atoms with Crippen molar-refractivity contribution in [3.05, 3.63) is 60.3 Å². The number of rotatable bonds is 4. The lowest BCUT2D eigenvalue weighted by atomic mass is 10.1. The van der Waals surface area contributed by atoms with Crippen LogP contribution in [0, 0.1) is 0 Å². The highest BCUT2D eigenvalue weighted by atomic mass is 16.5. The van der Waals surface area contributed by atoms with E-state index in [1.807, 2.05) is 48.5 Å². The largest absolute Gasteiger partial charge is 0.493 e. The standard InChI is InChI=1S/C17H16N2O2/c1-20-15-8-4-5-9-16(15)21-17-14-7-3-2-6-13(14)12(10-18)11-19-17/h2-9,11H,10,18H2,1H3. The maximum atomic E-state index is 5.94. The molecule has 4 heteroatoms. The summed E-state index contributed by atoms with van der Waals surface area (Å²) in [5, 5.41) is 1.99. The van der Waals surface area contributed by atoms with E-state index in [0.717, 1.165) is 16.3 Å². The molecule has 2 N–H and O–H groups in total. The Balaban J connectivity index is 2.09. The van der Waals surface area contributed by atoms with Crippen molar-refractivity contribution in [3.63, 3.8) is 0 Å². The van der Waals surface area contributed by atoms with Crippen LogP contribution in [0.5, 0.6) is 17.4 Å². The highest BCUT2D eigenvalue weighted by molar-refractivity contribution is 5.89. The van der Waals surface area contributed by atoms with Gasteiger partial charge in [0.15, 0.2) is 11.5 Å². The molecule has 2 aromatic carbocycles. The van der Waals surface area contributed by atoms with E-state index in [1.54, 1.807) is 13.3 Å². The average Bonchev–Trinajstić information content (AvgIpc) is 2.55. The Morgan fingerprint density at radius 1 is 0.952 bits per heavy atom. The summed E-state index contributed by atoms with van der Waals surface area (Å²) in [4.78, 5) is 4.39. The maximum absolute atomic E-state index is 5.94. The van der Waals surface area contributed by atoms with Crippen molar-refractivity contribution in [1.82, 2.24) is 4.98 Å². The minimum Gasteiger partial charge on any atom is -0.493 e. The van der Waals surface area contributed by atoms with E-state index in [4.69, 9.17) is 15.2 Å². The molecular formula is C17H16N2O2. The van der Waals surface area contributed by atoms with Crippen molar-refractivity contribution in [3.8, 4) is 17.4 Å². The molecule has 0 fully saturated rings. The topological polar surface area (TPSA) is 57.4 Å². The SMILES string of the molecule is COc1ccccc1Oc1ncc(CN)c2ccccc12. The fraction of sp³-hybridized carbons (Fsp3) is 0.118. The van der Waals surface area contributed by atoms with Crippen molar-refractivity contribution in [2.45, 2.75) is 6.54 Å². The van der Waals surface area contributed by atoms with Crippen LogP contribution in [0.3, 0.4) is 0 Å². The summed E-state index contributed by atoms with van der Waals surface area (Å²) in [5.41, 5.74) is 6.76. The first-order chi connectivity index (χ1) is 10.3. The monoisotopic (exact) mass is 280 g/mol. The predicted molar refractivity (Wildman–Crippen MR) is 82.7 cm³/mol. The molecule has 106 valence electrons.